The molecule has 0 fully saturated rings. The van der Waals surface area contributed by atoms with Crippen LogP contribution in [0, 0.1) is 0 Å². The second-order valence-electron chi connectivity index (χ2n) is 37.2. The molecule has 0 aliphatic rings. The summed E-state index contributed by atoms with van der Waals surface area (Å²) in [5, 5.41) is 14.8. The zero-order valence-electron chi connectivity index (χ0n) is 81.2. The Hall–Kier alpha value is -20.3. The summed E-state index contributed by atoms with van der Waals surface area (Å²) in [6.45, 7) is 0. The van der Waals surface area contributed by atoms with Crippen LogP contribution in [0.15, 0.2) is 534 Å². The van der Waals surface area contributed by atoms with Crippen LogP contribution in [0.4, 0.5) is 0 Å². The summed E-state index contributed by atoms with van der Waals surface area (Å²) in [5.41, 5.74) is 33.2. The third-order valence-corrected chi connectivity index (χ3v) is 28.0. The summed E-state index contributed by atoms with van der Waals surface area (Å²) in [5.74, 6) is 2.62. The maximum atomic E-state index is 5.37. The molecular formula is C138H88N12. The van der Waals surface area contributed by atoms with Gasteiger partial charge in [-0.2, -0.15) is 0 Å². The molecule has 28 aromatic rings. The molecule has 0 saturated heterocycles. The Bertz CT molecular complexity index is 9450. The summed E-state index contributed by atoms with van der Waals surface area (Å²) in [4.78, 5) is 60.4. The zero-order valence-corrected chi connectivity index (χ0v) is 81.2. The average molecular weight is 1910 g/mol. The molecule has 0 radical (unpaired) electrons. The van der Waals surface area contributed by atoms with Crippen molar-refractivity contribution >= 4 is 97.6 Å². The maximum absolute atomic E-state index is 5.37. The number of fused-ring (bicyclic) bond motifs is 13. The van der Waals surface area contributed by atoms with Gasteiger partial charge in [0.05, 0.1) is 78.8 Å². The molecule has 0 N–H and O–H groups in total. The Kier molecular flexibility index (Phi) is 23.8. The van der Waals surface area contributed by atoms with Crippen molar-refractivity contribution in [3.05, 3.63) is 534 Å². The van der Waals surface area contributed by atoms with E-state index in [1.54, 1.807) is 0 Å². The molecular weight excluding hydrogens is 1830 g/mol. The third-order valence-electron chi connectivity index (χ3n) is 28.0. The first-order valence-corrected chi connectivity index (χ1v) is 50.3. The van der Waals surface area contributed by atoms with Gasteiger partial charge in [0.15, 0.2) is 23.3 Å². The zero-order chi connectivity index (χ0) is 99.6. The fraction of sp³-hybridized carbons (Fsp3) is 0. The molecule has 28 rings (SSSR count). The van der Waals surface area contributed by atoms with E-state index < -0.39 is 0 Å². The molecule has 0 unspecified atom stereocenters. The molecule has 700 valence electrons. The highest BCUT2D eigenvalue weighted by Crippen LogP contribution is 2.47. The highest BCUT2D eigenvalue weighted by molar-refractivity contribution is 6.22. The standard InChI is InChI=1S/C47H29N3.C46H30N4.C45H29N5/c1-3-12-31(13-4-1)41-27-24-33-21-22-34-25-28-42(49-47(34)46(33)48-41)35-23-26-39-43(29-35)50-45(32-14-5-2-6-15-32)40-20-10-19-38(44(39)40)37-18-9-16-30-11-7-8-17-36(30)37;1-4-13-32(14-5-1)41-30-42(50-46(49-41)35-17-8-3-9-18-35)33-24-22-31(23-25-33)36-26-27-38-43(29-36)48-45(34-15-6-2-7-16-34)39-20-12-19-37(44(38)39)40-21-10-11-28-47-40;1-4-13-31(14-5-1)42-38-20-12-19-36(39-21-10-11-28-46-39)41(38)37-27-26-35(29-40(37)47-42)30-22-24-34(25-23-30)45-49-43(32-15-6-2-7-16-32)48-44(50-45)33-17-8-3-9-18-33/h1-29H;1-30H;1-29H. The highest BCUT2D eigenvalue weighted by atomic mass is 15.0. The predicted octanol–water partition coefficient (Wildman–Crippen LogP) is 34.9. The minimum absolute atomic E-state index is 0.630. The molecule has 150 heavy (non-hydrogen) atoms. The van der Waals surface area contributed by atoms with Gasteiger partial charge in [-0.25, -0.2) is 49.8 Å². The van der Waals surface area contributed by atoms with Crippen LogP contribution < -0.4 is 0 Å². The van der Waals surface area contributed by atoms with Gasteiger partial charge in [0, 0.05) is 144 Å². The number of hydrogen-bond donors (Lipinski definition) is 0. The highest BCUT2D eigenvalue weighted by Gasteiger charge is 2.24. The topological polar surface area (TPSA) is 155 Å². The van der Waals surface area contributed by atoms with Crippen molar-refractivity contribution in [1.29, 1.82) is 0 Å². The van der Waals surface area contributed by atoms with E-state index in [1.165, 1.54) is 27.3 Å². The molecule has 0 aliphatic heterocycles. The molecule has 0 atom stereocenters. The van der Waals surface area contributed by atoms with Crippen molar-refractivity contribution in [3.8, 4) is 180 Å². The van der Waals surface area contributed by atoms with Gasteiger partial charge >= 0.3 is 0 Å². The van der Waals surface area contributed by atoms with Crippen LogP contribution >= 0.6 is 0 Å². The van der Waals surface area contributed by atoms with Crippen LogP contribution in [0.25, 0.3) is 278 Å². The van der Waals surface area contributed by atoms with Gasteiger partial charge in [-0.15, -0.1) is 0 Å². The second kappa shape index (κ2) is 39.8. The molecule has 19 aromatic carbocycles. The first-order chi connectivity index (χ1) is 74.3. The van der Waals surface area contributed by atoms with Crippen molar-refractivity contribution in [2.24, 2.45) is 0 Å². The van der Waals surface area contributed by atoms with Crippen molar-refractivity contribution < 1.29 is 0 Å². The van der Waals surface area contributed by atoms with Gasteiger partial charge in [0.1, 0.15) is 0 Å². The van der Waals surface area contributed by atoms with E-state index in [2.05, 4.69) is 370 Å². The normalized spacial score (nSPS) is 11.3. The SMILES string of the molecule is c1ccc(-c2cc(-c3ccc(-c4ccc5c(c4)nc(-c4ccccc4)c4cccc(-c6ccccn6)c45)cc3)nc(-c3ccccc3)n2)cc1.c1ccc(-c2ccc3ccc4ccc(-c5ccc6c(c5)nc(-c5ccccc5)c5cccc(-c7cccc8ccccc78)c56)nc4c3n2)cc1.c1ccc(-c2nc(-c3ccccc3)nc(-c3ccc(-c4ccc5c(c4)nc(-c4ccccc4)c4cccc(-c6ccccn6)c45)cc3)n2)cc1. The molecule has 12 heteroatoms. The first kappa shape index (κ1) is 89.7. The molecule has 0 bridgehead atoms. The Balaban J connectivity index is 0.000000113. The van der Waals surface area contributed by atoms with Crippen molar-refractivity contribution in [2.45, 2.75) is 0 Å². The number of pyridine rings is 7. The number of nitrogens with zero attached hydrogens (tertiary/aromatic N) is 12. The van der Waals surface area contributed by atoms with Gasteiger partial charge < -0.3 is 0 Å². The number of rotatable bonds is 16. The summed E-state index contributed by atoms with van der Waals surface area (Å²) >= 11 is 0. The number of hydrogen-bond acceptors (Lipinski definition) is 12. The van der Waals surface area contributed by atoms with Crippen LogP contribution in [0.2, 0.25) is 0 Å². The summed E-state index contributed by atoms with van der Waals surface area (Å²) in [7, 11) is 0. The lowest BCUT2D eigenvalue weighted by atomic mass is 9.90. The molecule has 0 spiro atoms. The second-order valence-corrected chi connectivity index (χ2v) is 37.2. The first-order valence-electron chi connectivity index (χ1n) is 50.3. The lowest BCUT2D eigenvalue weighted by Gasteiger charge is -2.16. The Morgan fingerprint density at radius 2 is 0.413 bits per heavy atom. The minimum Gasteiger partial charge on any atom is -0.256 e. The lowest BCUT2D eigenvalue weighted by molar-refractivity contribution is 1.07. The van der Waals surface area contributed by atoms with Crippen LogP contribution in [0.1, 0.15) is 0 Å². The molecule has 0 amide bonds. The van der Waals surface area contributed by atoms with Crippen LogP contribution in [0.3, 0.4) is 0 Å². The van der Waals surface area contributed by atoms with Gasteiger partial charge in [-0.05, 0) is 105 Å². The molecule has 0 aliphatic carbocycles. The number of benzene rings is 19. The number of aromatic nitrogens is 12. The summed E-state index contributed by atoms with van der Waals surface area (Å²) in [6.07, 6.45) is 3.70. The Morgan fingerprint density at radius 1 is 0.127 bits per heavy atom. The predicted molar refractivity (Wildman–Crippen MR) is 617 cm³/mol. The van der Waals surface area contributed by atoms with E-state index in [1.807, 2.05) is 164 Å². The lowest BCUT2D eigenvalue weighted by Crippen LogP contribution is -2.00. The Labute approximate surface area is 865 Å². The van der Waals surface area contributed by atoms with E-state index in [4.69, 9.17) is 59.8 Å². The minimum atomic E-state index is 0.630. The molecule has 9 heterocycles. The van der Waals surface area contributed by atoms with E-state index in [9.17, 15) is 0 Å². The summed E-state index contributed by atoms with van der Waals surface area (Å²) in [6, 6.07) is 181. The van der Waals surface area contributed by atoms with Crippen molar-refractivity contribution in [1.82, 2.24) is 59.8 Å². The van der Waals surface area contributed by atoms with E-state index in [0.29, 0.717) is 23.3 Å². The average Bonchev–Trinajstić information content (AvgIpc) is 0.734. The van der Waals surface area contributed by atoms with E-state index >= 15 is 0 Å². The fourth-order valence-corrected chi connectivity index (χ4v) is 20.6. The molecule has 9 aromatic heterocycles. The monoisotopic (exact) mass is 1910 g/mol. The fourth-order valence-electron chi connectivity index (χ4n) is 20.6. The van der Waals surface area contributed by atoms with Gasteiger partial charge in [-0.1, -0.05) is 461 Å². The van der Waals surface area contributed by atoms with E-state index in [-0.39, 0.29) is 0 Å². The largest absolute Gasteiger partial charge is 0.256 e. The maximum Gasteiger partial charge on any atom is 0.164 e. The van der Waals surface area contributed by atoms with Gasteiger partial charge in [-0.3, -0.25) is 9.97 Å². The quantitative estimate of drug-likeness (QED) is 0.0846. The van der Waals surface area contributed by atoms with E-state index in [0.717, 1.165) is 227 Å². The van der Waals surface area contributed by atoms with Crippen molar-refractivity contribution in [2.75, 3.05) is 0 Å². The van der Waals surface area contributed by atoms with Gasteiger partial charge in [0.2, 0.25) is 0 Å². The van der Waals surface area contributed by atoms with Crippen LogP contribution in [-0.4, -0.2) is 59.8 Å². The smallest absolute Gasteiger partial charge is 0.164 e. The van der Waals surface area contributed by atoms with Crippen molar-refractivity contribution in [3.63, 3.8) is 0 Å². The Morgan fingerprint density at radius 3 is 0.833 bits per heavy atom. The summed E-state index contributed by atoms with van der Waals surface area (Å²) < 4.78 is 0. The van der Waals surface area contributed by atoms with Gasteiger partial charge in [0.25, 0.3) is 0 Å². The molecule has 12 nitrogen and oxygen atoms in total. The van der Waals surface area contributed by atoms with Crippen LogP contribution in [-0.2, 0) is 0 Å². The molecule has 0 saturated carbocycles. The van der Waals surface area contributed by atoms with Crippen LogP contribution in [0.5, 0.6) is 0 Å². The third kappa shape index (κ3) is 17.6.